The average molecular weight is 428 g/mol. The standard InChI is InChI=1S/C23H23F3N4O/c24-23(25,26)15-5-7-17(8-6-15)30-10-9-16(13-30)27-21(31)12-14-11-18(14)22-28-19-3-1-2-4-20(19)29-22/h1-8,14,16,18H,9-13H2,(H,27,31)(H,28,29)/t14-,16-,18-/m0/s1. The van der Waals surface area contributed by atoms with Crippen LogP contribution in [0, 0.1) is 5.92 Å². The van der Waals surface area contributed by atoms with Crippen LogP contribution in [0.15, 0.2) is 48.5 Å². The van der Waals surface area contributed by atoms with Crippen molar-refractivity contribution in [2.45, 2.75) is 37.4 Å². The molecule has 0 bridgehead atoms. The third-order valence-corrected chi connectivity index (χ3v) is 6.24. The number of rotatable bonds is 5. The minimum atomic E-state index is -4.33. The van der Waals surface area contributed by atoms with E-state index >= 15 is 0 Å². The number of imidazole rings is 1. The molecule has 1 aliphatic carbocycles. The number of alkyl halides is 3. The fourth-order valence-corrected chi connectivity index (χ4v) is 4.45. The largest absolute Gasteiger partial charge is 0.416 e. The first kappa shape index (κ1) is 19.9. The van der Waals surface area contributed by atoms with Crippen LogP contribution in [0.5, 0.6) is 0 Å². The molecule has 0 unspecified atom stereocenters. The molecule has 5 rings (SSSR count). The second-order valence-corrected chi connectivity index (χ2v) is 8.49. The summed E-state index contributed by atoms with van der Waals surface area (Å²) in [4.78, 5) is 22.5. The lowest BCUT2D eigenvalue weighted by molar-refractivity contribution is -0.137. The van der Waals surface area contributed by atoms with Crippen LogP contribution in [0.4, 0.5) is 18.9 Å². The van der Waals surface area contributed by atoms with Crippen LogP contribution < -0.4 is 10.2 Å². The molecule has 0 spiro atoms. The smallest absolute Gasteiger partial charge is 0.369 e. The van der Waals surface area contributed by atoms with Crippen molar-refractivity contribution in [3.05, 3.63) is 59.9 Å². The van der Waals surface area contributed by atoms with E-state index in [1.165, 1.54) is 12.1 Å². The van der Waals surface area contributed by atoms with Crippen LogP contribution in [0.2, 0.25) is 0 Å². The zero-order valence-corrected chi connectivity index (χ0v) is 16.8. The van der Waals surface area contributed by atoms with Crippen molar-refractivity contribution in [3.63, 3.8) is 0 Å². The topological polar surface area (TPSA) is 61.0 Å². The summed E-state index contributed by atoms with van der Waals surface area (Å²) < 4.78 is 38.2. The van der Waals surface area contributed by atoms with Crippen LogP contribution in [0.1, 0.15) is 36.6 Å². The lowest BCUT2D eigenvalue weighted by atomic mass is 10.2. The molecule has 2 aliphatic rings. The molecule has 1 aliphatic heterocycles. The summed E-state index contributed by atoms with van der Waals surface area (Å²) >= 11 is 0. The van der Waals surface area contributed by atoms with Crippen LogP contribution in [0.25, 0.3) is 11.0 Å². The number of benzene rings is 2. The van der Waals surface area contributed by atoms with Crippen LogP contribution >= 0.6 is 0 Å². The van der Waals surface area contributed by atoms with Crippen LogP contribution in [-0.4, -0.2) is 35.0 Å². The number of hydrogen-bond donors (Lipinski definition) is 2. The number of H-pyrrole nitrogens is 1. The van der Waals surface area contributed by atoms with Gasteiger partial charge < -0.3 is 15.2 Å². The minimum absolute atomic E-state index is 0.0122. The van der Waals surface area contributed by atoms with Crippen LogP contribution in [-0.2, 0) is 11.0 Å². The number of para-hydroxylation sites is 2. The maximum atomic E-state index is 12.7. The molecule has 1 amide bonds. The van der Waals surface area contributed by atoms with Gasteiger partial charge in [-0.15, -0.1) is 0 Å². The molecule has 162 valence electrons. The van der Waals surface area contributed by atoms with Crippen LogP contribution in [0.3, 0.4) is 0 Å². The van der Waals surface area contributed by atoms with E-state index < -0.39 is 11.7 Å². The van der Waals surface area contributed by atoms with Crippen molar-refractivity contribution in [2.24, 2.45) is 5.92 Å². The van der Waals surface area contributed by atoms with Crippen molar-refractivity contribution in [3.8, 4) is 0 Å². The molecule has 3 aromatic rings. The Bertz CT molecular complexity index is 1060. The highest BCUT2D eigenvalue weighted by atomic mass is 19.4. The first-order chi connectivity index (χ1) is 14.9. The summed E-state index contributed by atoms with van der Waals surface area (Å²) in [6.07, 6.45) is -2.12. The Labute approximate surface area is 177 Å². The molecule has 2 fully saturated rings. The van der Waals surface area contributed by atoms with E-state index in [4.69, 9.17) is 0 Å². The van der Waals surface area contributed by atoms with E-state index in [1.807, 2.05) is 29.2 Å². The van der Waals surface area contributed by atoms with Gasteiger partial charge in [0.15, 0.2) is 0 Å². The molecule has 2 aromatic carbocycles. The lowest BCUT2D eigenvalue weighted by Crippen LogP contribution is -2.37. The second-order valence-electron chi connectivity index (χ2n) is 8.49. The zero-order valence-electron chi connectivity index (χ0n) is 16.8. The van der Waals surface area contributed by atoms with E-state index in [1.54, 1.807) is 0 Å². The summed E-state index contributed by atoms with van der Waals surface area (Å²) in [5.41, 5.74) is 2.06. The summed E-state index contributed by atoms with van der Waals surface area (Å²) in [7, 11) is 0. The molecule has 2 heterocycles. The monoisotopic (exact) mass is 428 g/mol. The summed E-state index contributed by atoms with van der Waals surface area (Å²) in [6, 6.07) is 13.1. The molecular formula is C23H23F3N4O. The molecule has 31 heavy (non-hydrogen) atoms. The Hall–Kier alpha value is -3.03. The van der Waals surface area contributed by atoms with Gasteiger partial charge in [0.2, 0.25) is 5.91 Å². The maximum absolute atomic E-state index is 12.7. The molecule has 1 saturated heterocycles. The quantitative estimate of drug-likeness (QED) is 0.630. The van der Waals surface area contributed by atoms with E-state index in [-0.39, 0.29) is 11.9 Å². The number of anilines is 1. The van der Waals surface area contributed by atoms with E-state index in [2.05, 4.69) is 15.3 Å². The first-order valence-electron chi connectivity index (χ1n) is 10.5. The molecule has 0 radical (unpaired) electrons. The fourth-order valence-electron chi connectivity index (χ4n) is 4.45. The van der Waals surface area contributed by atoms with Crippen molar-refractivity contribution < 1.29 is 18.0 Å². The molecule has 1 aromatic heterocycles. The number of amides is 1. The van der Waals surface area contributed by atoms with Gasteiger partial charge in [-0.05, 0) is 55.2 Å². The Kier molecular flexibility index (Phi) is 4.87. The highest BCUT2D eigenvalue weighted by Crippen LogP contribution is 2.48. The normalized spacial score (nSPS) is 23.3. The number of nitrogens with zero attached hydrogens (tertiary/aromatic N) is 2. The van der Waals surface area contributed by atoms with E-state index in [0.29, 0.717) is 31.3 Å². The predicted octanol–water partition coefficient (Wildman–Crippen LogP) is 4.47. The molecule has 3 atom stereocenters. The number of carbonyl (C=O) groups excluding carboxylic acids is 1. The first-order valence-corrected chi connectivity index (χ1v) is 10.5. The Balaban J connectivity index is 1.12. The van der Waals surface area contributed by atoms with Crippen molar-refractivity contribution in [2.75, 3.05) is 18.0 Å². The van der Waals surface area contributed by atoms with E-state index in [0.717, 1.165) is 47.5 Å². The van der Waals surface area contributed by atoms with Gasteiger partial charge in [0.1, 0.15) is 5.82 Å². The number of nitrogens with one attached hydrogen (secondary N) is 2. The van der Waals surface area contributed by atoms with Crippen molar-refractivity contribution in [1.29, 1.82) is 0 Å². The van der Waals surface area contributed by atoms with Crippen molar-refractivity contribution >= 4 is 22.6 Å². The SMILES string of the molecule is O=C(C[C@@H]1C[C@@H]1c1nc2ccccc2[nH]1)N[C@H]1CCN(c2ccc(C(F)(F)F)cc2)C1. The third-order valence-electron chi connectivity index (χ3n) is 6.24. The number of aromatic amines is 1. The van der Waals surface area contributed by atoms with Gasteiger partial charge >= 0.3 is 6.18 Å². The molecular weight excluding hydrogens is 405 g/mol. The molecule has 5 nitrogen and oxygen atoms in total. The number of fused-ring (bicyclic) bond motifs is 1. The number of halogens is 3. The summed E-state index contributed by atoms with van der Waals surface area (Å²) in [5, 5.41) is 3.09. The maximum Gasteiger partial charge on any atom is 0.416 e. The molecule has 1 saturated carbocycles. The van der Waals surface area contributed by atoms with Gasteiger partial charge in [0, 0.05) is 37.2 Å². The third kappa shape index (κ3) is 4.24. The highest BCUT2D eigenvalue weighted by Gasteiger charge is 2.42. The van der Waals surface area contributed by atoms with Gasteiger partial charge in [-0.2, -0.15) is 13.2 Å². The Morgan fingerprint density at radius 2 is 1.94 bits per heavy atom. The Morgan fingerprint density at radius 1 is 1.16 bits per heavy atom. The van der Waals surface area contributed by atoms with Gasteiger partial charge in [0.05, 0.1) is 16.6 Å². The number of carbonyl (C=O) groups is 1. The minimum Gasteiger partial charge on any atom is -0.369 e. The van der Waals surface area contributed by atoms with Gasteiger partial charge in [-0.1, -0.05) is 12.1 Å². The average Bonchev–Trinajstić information content (AvgIpc) is 3.14. The predicted molar refractivity (Wildman–Crippen MR) is 112 cm³/mol. The van der Waals surface area contributed by atoms with Gasteiger partial charge in [-0.25, -0.2) is 4.98 Å². The molecule has 2 N–H and O–H groups in total. The van der Waals surface area contributed by atoms with Gasteiger partial charge in [-0.3, -0.25) is 4.79 Å². The zero-order chi connectivity index (χ0) is 21.6. The number of hydrogen-bond acceptors (Lipinski definition) is 3. The number of aromatic nitrogens is 2. The second kappa shape index (κ2) is 7.59. The molecule has 8 heteroatoms. The van der Waals surface area contributed by atoms with Gasteiger partial charge in [0.25, 0.3) is 0 Å². The highest BCUT2D eigenvalue weighted by molar-refractivity contribution is 5.78. The lowest BCUT2D eigenvalue weighted by Gasteiger charge is -2.20. The Morgan fingerprint density at radius 3 is 2.68 bits per heavy atom. The summed E-state index contributed by atoms with van der Waals surface area (Å²) in [6.45, 7) is 1.32. The summed E-state index contributed by atoms with van der Waals surface area (Å²) in [5.74, 6) is 1.58. The van der Waals surface area contributed by atoms with Crippen molar-refractivity contribution in [1.82, 2.24) is 15.3 Å². The van der Waals surface area contributed by atoms with E-state index in [9.17, 15) is 18.0 Å². The fraction of sp³-hybridized carbons (Fsp3) is 0.391.